The minimum absolute atomic E-state index is 0.00867. The molecule has 218 valence electrons. The van der Waals surface area contributed by atoms with Gasteiger partial charge in [0.15, 0.2) is 0 Å². The number of unbranched alkanes of at least 4 members (excludes halogenated alkanes) is 2. The number of phenolic OH excluding ortho intramolecular Hbond substituents is 1. The van der Waals surface area contributed by atoms with Crippen molar-refractivity contribution in [3.8, 4) is 5.75 Å². The SMILES string of the molecule is NCCCCC(NC(=O)C(N)CC(=O)O)C(=O)NC(CCCCN)C(=O)NC(Cc1ccc(O)cc1)C(=O)O. The lowest BCUT2D eigenvalue weighted by atomic mass is 10.0. The minimum Gasteiger partial charge on any atom is -0.508 e. The smallest absolute Gasteiger partial charge is 0.326 e. The number of aromatic hydroxyl groups is 1. The van der Waals surface area contributed by atoms with Gasteiger partial charge in [-0.15, -0.1) is 0 Å². The first-order valence-electron chi connectivity index (χ1n) is 12.8. The number of phenols is 1. The first kappa shape index (κ1) is 33.3. The number of nitrogens with two attached hydrogens (primary N) is 3. The Balaban J connectivity index is 3.03. The lowest BCUT2D eigenvalue weighted by Crippen LogP contribution is -2.57. The minimum atomic E-state index is -1.38. The topological polar surface area (TPSA) is 260 Å². The summed E-state index contributed by atoms with van der Waals surface area (Å²) in [5.41, 5.74) is 17.2. The summed E-state index contributed by atoms with van der Waals surface area (Å²) in [7, 11) is 0. The molecule has 1 rings (SSSR count). The van der Waals surface area contributed by atoms with Crippen LogP contribution in [0.15, 0.2) is 24.3 Å². The number of hydrogen-bond donors (Lipinski definition) is 9. The van der Waals surface area contributed by atoms with Crippen LogP contribution < -0.4 is 33.2 Å². The molecule has 14 nitrogen and oxygen atoms in total. The number of carbonyl (C=O) groups is 5. The summed E-state index contributed by atoms with van der Waals surface area (Å²) in [5, 5.41) is 35.5. The number of amides is 3. The Morgan fingerprint density at radius 1 is 0.718 bits per heavy atom. The Morgan fingerprint density at radius 3 is 1.62 bits per heavy atom. The number of carboxylic acid groups (broad SMARTS) is 2. The van der Waals surface area contributed by atoms with E-state index in [1.54, 1.807) is 0 Å². The van der Waals surface area contributed by atoms with Crippen LogP contribution in [0.5, 0.6) is 5.75 Å². The maximum absolute atomic E-state index is 13.1. The van der Waals surface area contributed by atoms with E-state index in [9.17, 15) is 34.2 Å². The highest BCUT2D eigenvalue weighted by Gasteiger charge is 2.30. The van der Waals surface area contributed by atoms with Crippen LogP contribution in [0.3, 0.4) is 0 Å². The molecule has 0 heterocycles. The number of carbonyl (C=O) groups excluding carboxylic acids is 3. The van der Waals surface area contributed by atoms with E-state index >= 15 is 0 Å². The molecule has 0 aliphatic heterocycles. The lowest BCUT2D eigenvalue weighted by molar-refractivity contribution is -0.142. The van der Waals surface area contributed by atoms with Gasteiger partial charge in [0.1, 0.15) is 23.9 Å². The van der Waals surface area contributed by atoms with Crippen LogP contribution in [0.1, 0.15) is 50.5 Å². The molecule has 3 amide bonds. The second-order valence-corrected chi connectivity index (χ2v) is 9.17. The van der Waals surface area contributed by atoms with Crippen molar-refractivity contribution in [3.63, 3.8) is 0 Å². The van der Waals surface area contributed by atoms with Gasteiger partial charge in [-0.25, -0.2) is 4.79 Å². The van der Waals surface area contributed by atoms with Crippen molar-refractivity contribution >= 4 is 29.7 Å². The van der Waals surface area contributed by atoms with Crippen molar-refractivity contribution in [1.29, 1.82) is 0 Å². The largest absolute Gasteiger partial charge is 0.508 e. The molecule has 1 aromatic rings. The van der Waals surface area contributed by atoms with E-state index in [1.165, 1.54) is 24.3 Å². The van der Waals surface area contributed by atoms with Crippen molar-refractivity contribution in [2.24, 2.45) is 17.2 Å². The zero-order valence-electron chi connectivity index (χ0n) is 21.8. The molecule has 0 saturated heterocycles. The Hall–Kier alpha value is -3.75. The van der Waals surface area contributed by atoms with E-state index in [-0.39, 0.29) is 25.0 Å². The molecule has 0 aliphatic carbocycles. The van der Waals surface area contributed by atoms with Crippen molar-refractivity contribution in [2.45, 2.75) is 75.5 Å². The Labute approximate surface area is 226 Å². The van der Waals surface area contributed by atoms with Crippen LogP contribution in [0.4, 0.5) is 0 Å². The third kappa shape index (κ3) is 13.0. The van der Waals surface area contributed by atoms with E-state index < -0.39 is 60.2 Å². The second-order valence-electron chi connectivity index (χ2n) is 9.17. The molecular weight excluding hydrogens is 512 g/mol. The van der Waals surface area contributed by atoms with Gasteiger partial charge in [-0.05, 0) is 69.3 Å². The van der Waals surface area contributed by atoms with Crippen LogP contribution in [0.2, 0.25) is 0 Å². The number of hydrogen-bond acceptors (Lipinski definition) is 9. The molecule has 4 atom stereocenters. The van der Waals surface area contributed by atoms with Crippen molar-refractivity contribution < 1.29 is 39.3 Å². The van der Waals surface area contributed by atoms with Crippen molar-refractivity contribution in [2.75, 3.05) is 13.1 Å². The number of nitrogens with one attached hydrogen (secondary N) is 3. The van der Waals surface area contributed by atoms with Gasteiger partial charge < -0.3 is 48.5 Å². The fourth-order valence-electron chi connectivity index (χ4n) is 3.70. The van der Waals surface area contributed by atoms with Gasteiger partial charge >= 0.3 is 11.9 Å². The van der Waals surface area contributed by atoms with Gasteiger partial charge in [-0.3, -0.25) is 19.2 Å². The zero-order chi connectivity index (χ0) is 29.4. The summed E-state index contributed by atoms with van der Waals surface area (Å²) in [5.74, 6) is -4.84. The van der Waals surface area contributed by atoms with Crippen LogP contribution in [-0.2, 0) is 30.4 Å². The first-order valence-corrected chi connectivity index (χ1v) is 12.8. The number of carboxylic acids is 2. The van der Waals surface area contributed by atoms with E-state index in [2.05, 4.69) is 16.0 Å². The van der Waals surface area contributed by atoms with E-state index in [4.69, 9.17) is 22.3 Å². The molecule has 0 spiro atoms. The molecule has 0 fully saturated rings. The number of rotatable bonds is 19. The Morgan fingerprint density at radius 2 is 1.18 bits per heavy atom. The van der Waals surface area contributed by atoms with Gasteiger partial charge in [0.05, 0.1) is 12.5 Å². The van der Waals surface area contributed by atoms with E-state index in [1.807, 2.05) is 0 Å². The van der Waals surface area contributed by atoms with Crippen LogP contribution >= 0.6 is 0 Å². The third-order valence-electron chi connectivity index (χ3n) is 5.88. The summed E-state index contributed by atoms with van der Waals surface area (Å²) in [6.45, 7) is 0.697. The Kier molecular flexibility index (Phi) is 15.1. The molecule has 0 saturated carbocycles. The van der Waals surface area contributed by atoms with Gasteiger partial charge in [-0.1, -0.05) is 12.1 Å². The quantitative estimate of drug-likeness (QED) is 0.0895. The van der Waals surface area contributed by atoms with Gasteiger partial charge in [0.25, 0.3) is 0 Å². The average molecular weight is 553 g/mol. The molecule has 0 aromatic heterocycles. The summed E-state index contributed by atoms with van der Waals surface area (Å²) in [6.07, 6.45) is 1.63. The predicted octanol–water partition coefficient (Wildman–Crippen LogP) is -1.47. The highest BCUT2D eigenvalue weighted by molar-refractivity contribution is 5.94. The van der Waals surface area contributed by atoms with Crippen molar-refractivity contribution in [1.82, 2.24) is 16.0 Å². The summed E-state index contributed by atoms with van der Waals surface area (Å²) < 4.78 is 0. The molecule has 1 aromatic carbocycles. The maximum Gasteiger partial charge on any atom is 0.326 e. The molecule has 4 unspecified atom stereocenters. The molecule has 0 bridgehead atoms. The maximum atomic E-state index is 13.1. The highest BCUT2D eigenvalue weighted by Crippen LogP contribution is 2.12. The normalized spacial score (nSPS) is 13.9. The van der Waals surface area contributed by atoms with E-state index in [0.29, 0.717) is 44.3 Å². The fourth-order valence-corrected chi connectivity index (χ4v) is 3.70. The number of aliphatic carboxylic acids is 2. The summed E-state index contributed by atoms with van der Waals surface area (Å²) in [4.78, 5) is 61.4. The van der Waals surface area contributed by atoms with Crippen LogP contribution in [0.25, 0.3) is 0 Å². The first-order chi connectivity index (χ1) is 18.5. The van der Waals surface area contributed by atoms with Gasteiger partial charge in [-0.2, -0.15) is 0 Å². The molecule has 39 heavy (non-hydrogen) atoms. The second kappa shape index (κ2) is 17.7. The third-order valence-corrected chi connectivity index (χ3v) is 5.88. The zero-order valence-corrected chi connectivity index (χ0v) is 21.8. The fraction of sp³-hybridized carbons (Fsp3) is 0.560. The predicted molar refractivity (Wildman–Crippen MR) is 141 cm³/mol. The molecule has 0 aliphatic rings. The molecule has 0 radical (unpaired) electrons. The summed E-state index contributed by atoms with van der Waals surface area (Å²) >= 11 is 0. The van der Waals surface area contributed by atoms with E-state index in [0.717, 1.165) is 0 Å². The molecular formula is C25H40N6O8. The number of benzene rings is 1. The summed E-state index contributed by atoms with van der Waals surface area (Å²) in [6, 6.07) is 0.898. The van der Waals surface area contributed by atoms with Gasteiger partial charge in [0, 0.05) is 6.42 Å². The molecule has 14 heteroatoms. The van der Waals surface area contributed by atoms with Crippen LogP contribution in [0, 0.1) is 0 Å². The lowest BCUT2D eigenvalue weighted by Gasteiger charge is -2.25. The molecule has 12 N–H and O–H groups in total. The average Bonchev–Trinajstić information content (AvgIpc) is 2.87. The van der Waals surface area contributed by atoms with Crippen LogP contribution in [-0.4, -0.2) is 82.2 Å². The highest BCUT2D eigenvalue weighted by atomic mass is 16.4. The standard InChI is InChI=1S/C25H40N6O8/c26-11-3-1-5-18(29-22(35)17(28)14-21(33)34)23(36)30-19(6-2-4-12-27)24(37)31-20(25(38)39)13-15-7-9-16(32)10-8-15/h7-10,17-20,32H,1-6,11-14,26-28H2,(H,29,35)(H,30,36)(H,31,37)(H,33,34)(H,38,39). The van der Waals surface area contributed by atoms with Crippen molar-refractivity contribution in [3.05, 3.63) is 29.8 Å². The van der Waals surface area contributed by atoms with Gasteiger partial charge in [0.2, 0.25) is 17.7 Å². The monoisotopic (exact) mass is 552 g/mol. The Bertz CT molecular complexity index is 958.